The normalized spacial score (nSPS) is 11.1. The molecule has 0 spiro atoms. The lowest BCUT2D eigenvalue weighted by Crippen LogP contribution is -2.22. The molecule has 3 heteroatoms. The van der Waals surface area contributed by atoms with Crippen LogP contribution in [0.4, 0.5) is 5.69 Å². The Labute approximate surface area is 109 Å². The van der Waals surface area contributed by atoms with Gasteiger partial charge in [-0.15, -0.1) is 0 Å². The molecule has 1 aromatic rings. The number of benzene rings is 1. The molecule has 0 atom stereocenters. The van der Waals surface area contributed by atoms with Gasteiger partial charge in [-0.2, -0.15) is 0 Å². The minimum Gasteiger partial charge on any atom is -0.323 e. The maximum absolute atomic E-state index is 11.4. The van der Waals surface area contributed by atoms with E-state index in [1.54, 1.807) is 6.08 Å². The molecular weight excluding hydrogens is 224 g/mol. The van der Waals surface area contributed by atoms with E-state index >= 15 is 0 Å². The van der Waals surface area contributed by atoms with E-state index in [0.717, 1.165) is 25.3 Å². The molecule has 0 heterocycles. The summed E-state index contributed by atoms with van der Waals surface area (Å²) in [4.78, 5) is 13.8. The third-order valence-electron chi connectivity index (χ3n) is 2.81. The van der Waals surface area contributed by atoms with Crippen LogP contribution in [-0.4, -0.2) is 23.9 Å². The second-order valence-electron chi connectivity index (χ2n) is 4.15. The highest BCUT2D eigenvalue weighted by molar-refractivity contribution is 5.99. The first-order valence-corrected chi connectivity index (χ1v) is 6.44. The molecule has 0 aromatic heterocycles. The average Bonchev–Trinajstić information content (AvgIpc) is 2.36. The number of amides is 1. The van der Waals surface area contributed by atoms with Gasteiger partial charge in [-0.25, -0.2) is 0 Å². The van der Waals surface area contributed by atoms with Gasteiger partial charge < -0.3 is 5.32 Å². The zero-order chi connectivity index (χ0) is 13.4. The van der Waals surface area contributed by atoms with Gasteiger partial charge in [0, 0.05) is 12.2 Å². The molecule has 0 aliphatic carbocycles. The Morgan fingerprint density at radius 1 is 1.33 bits per heavy atom. The number of carbonyl (C=O) groups excluding carboxylic acids is 1. The highest BCUT2D eigenvalue weighted by Crippen LogP contribution is 2.12. The molecule has 98 valence electrons. The SMILES string of the molecule is C/C=C/C(=O)Nc1cccc(CN(CC)CC)c1. The summed E-state index contributed by atoms with van der Waals surface area (Å²) in [6.45, 7) is 9.12. The predicted molar refractivity (Wildman–Crippen MR) is 76.5 cm³/mol. The monoisotopic (exact) mass is 246 g/mol. The van der Waals surface area contributed by atoms with Gasteiger partial charge in [0.15, 0.2) is 0 Å². The van der Waals surface area contributed by atoms with Crippen molar-refractivity contribution in [2.45, 2.75) is 27.3 Å². The maximum atomic E-state index is 11.4. The van der Waals surface area contributed by atoms with Crippen LogP contribution in [0.25, 0.3) is 0 Å². The summed E-state index contributed by atoms with van der Waals surface area (Å²) in [6, 6.07) is 8.00. The van der Waals surface area contributed by atoms with E-state index < -0.39 is 0 Å². The molecule has 1 aromatic carbocycles. The summed E-state index contributed by atoms with van der Waals surface area (Å²) in [7, 11) is 0. The van der Waals surface area contributed by atoms with Gasteiger partial charge in [0.1, 0.15) is 0 Å². The Balaban J connectivity index is 2.70. The van der Waals surface area contributed by atoms with Crippen molar-refractivity contribution < 1.29 is 4.79 Å². The number of rotatable bonds is 6. The Hall–Kier alpha value is -1.61. The Morgan fingerprint density at radius 3 is 2.67 bits per heavy atom. The molecule has 1 amide bonds. The molecule has 0 unspecified atom stereocenters. The van der Waals surface area contributed by atoms with Gasteiger partial charge in [-0.1, -0.05) is 32.1 Å². The van der Waals surface area contributed by atoms with Crippen molar-refractivity contribution in [2.75, 3.05) is 18.4 Å². The molecule has 18 heavy (non-hydrogen) atoms. The fourth-order valence-electron chi connectivity index (χ4n) is 1.79. The molecule has 1 rings (SSSR count). The fourth-order valence-corrected chi connectivity index (χ4v) is 1.79. The van der Waals surface area contributed by atoms with Gasteiger partial charge >= 0.3 is 0 Å². The summed E-state index contributed by atoms with van der Waals surface area (Å²) in [5.41, 5.74) is 2.07. The van der Waals surface area contributed by atoms with Crippen LogP contribution in [0.5, 0.6) is 0 Å². The van der Waals surface area contributed by atoms with E-state index in [1.807, 2.05) is 25.1 Å². The standard InChI is InChI=1S/C15H22N2O/c1-4-8-15(18)16-14-10-7-9-13(11-14)12-17(5-2)6-3/h4,7-11H,5-6,12H2,1-3H3,(H,16,18)/b8-4+. The zero-order valence-electron chi connectivity index (χ0n) is 11.4. The summed E-state index contributed by atoms with van der Waals surface area (Å²) >= 11 is 0. The molecule has 0 saturated carbocycles. The number of hydrogen-bond acceptors (Lipinski definition) is 2. The average molecular weight is 246 g/mol. The lowest BCUT2D eigenvalue weighted by molar-refractivity contribution is -0.111. The first-order valence-electron chi connectivity index (χ1n) is 6.44. The molecule has 0 fully saturated rings. The first kappa shape index (κ1) is 14.5. The molecule has 0 aliphatic heterocycles. The Bertz CT molecular complexity index is 409. The number of carbonyl (C=O) groups is 1. The van der Waals surface area contributed by atoms with Crippen LogP contribution in [0.1, 0.15) is 26.3 Å². The highest BCUT2D eigenvalue weighted by atomic mass is 16.1. The third-order valence-corrected chi connectivity index (χ3v) is 2.81. The molecule has 3 nitrogen and oxygen atoms in total. The summed E-state index contributed by atoms with van der Waals surface area (Å²) in [6.07, 6.45) is 3.26. The first-order chi connectivity index (χ1) is 8.69. The van der Waals surface area contributed by atoms with Crippen LogP contribution in [0.2, 0.25) is 0 Å². The number of nitrogens with one attached hydrogen (secondary N) is 1. The van der Waals surface area contributed by atoms with Crippen LogP contribution in [0.3, 0.4) is 0 Å². The summed E-state index contributed by atoms with van der Waals surface area (Å²) in [5, 5.41) is 2.85. The zero-order valence-corrected chi connectivity index (χ0v) is 11.4. The Morgan fingerprint density at radius 2 is 2.06 bits per heavy atom. The van der Waals surface area contributed by atoms with Crippen molar-refractivity contribution in [1.82, 2.24) is 4.90 Å². The van der Waals surface area contributed by atoms with Crippen LogP contribution in [-0.2, 0) is 11.3 Å². The van der Waals surface area contributed by atoms with Crippen molar-refractivity contribution in [2.24, 2.45) is 0 Å². The lowest BCUT2D eigenvalue weighted by atomic mass is 10.2. The Kier molecular flexibility index (Phi) is 6.15. The molecular formula is C15H22N2O. The molecule has 1 N–H and O–H groups in total. The predicted octanol–water partition coefficient (Wildman–Crippen LogP) is 3.04. The summed E-state index contributed by atoms with van der Waals surface area (Å²) < 4.78 is 0. The third kappa shape index (κ3) is 4.72. The second kappa shape index (κ2) is 7.67. The topological polar surface area (TPSA) is 32.3 Å². The largest absolute Gasteiger partial charge is 0.323 e. The number of hydrogen-bond donors (Lipinski definition) is 1. The second-order valence-corrected chi connectivity index (χ2v) is 4.15. The van der Waals surface area contributed by atoms with Crippen molar-refractivity contribution in [3.63, 3.8) is 0 Å². The van der Waals surface area contributed by atoms with Gasteiger partial charge in [-0.3, -0.25) is 9.69 Å². The lowest BCUT2D eigenvalue weighted by Gasteiger charge is -2.18. The van der Waals surface area contributed by atoms with E-state index in [9.17, 15) is 4.79 Å². The van der Waals surface area contributed by atoms with Crippen molar-refractivity contribution >= 4 is 11.6 Å². The summed E-state index contributed by atoms with van der Waals surface area (Å²) in [5.74, 6) is -0.0857. The van der Waals surface area contributed by atoms with E-state index in [2.05, 4.69) is 30.1 Å². The fraction of sp³-hybridized carbons (Fsp3) is 0.400. The van der Waals surface area contributed by atoms with E-state index in [1.165, 1.54) is 11.6 Å². The molecule has 0 radical (unpaired) electrons. The number of allylic oxidation sites excluding steroid dienone is 1. The van der Waals surface area contributed by atoms with E-state index in [0.29, 0.717) is 0 Å². The van der Waals surface area contributed by atoms with Crippen molar-refractivity contribution in [1.29, 1.82) is 0 Å². The van der Waals surface area contributed by atoms with E-state index in [4.69, 9.17) is 0 Å². The van der Waals surface area contributed by atoms with Crippen LogP contribution in [0.15, 0.2) is 36.4 Å². The van der Waals surface area contributed by atoms with Gasteiger partial charge in [-0.05, 0) is 43.8 Å². The van der Waals surface area contributed by atoms with Gasteiger partial charge in [0.25, 0.3) is 0 Å². The van der Waals surface area contributed by atoms with Crippen molar-refractivity contribution in [3.8, 4) is 0 Å². The van der Waals surface area contributed by atoms with Crippen LogP contribution >= 0.6 is 0 Å². The van der Waals surface area contributed by atoms with Gasteiger partial charge in [0.2, 0.25) is 5.91 Å². The quantitative estimate of drug-likeness (QED) is 0.782. The van der Waals surface area contributed by atoms with Crippen LogP contribution < -0.4 is 5.32 Å². The number of anilines is 1. The van der Waals surface area contributed by atoms with E-state index in [-0.39, 0.29) is 5.91 Å². The number of nitrogens with zero attached hydrogens (tertiary/aromatic N) is 1. The van der Waals surface area contributed by atoms with Crippen LogP contribution in [0, 0.1) is 0 Å². The smallest absolute Gasteiger partial charge is 0.248 e. The highest BCUT2D eigenvalue weighted by Gasteiger charge is 2.03. The molecule has 0 saturated heterocycles. The maximum Gasteiger partial charge on any atom is 0.248 e. The molecule has 0 aliphatic rings. The minimum atomic E-state index is -0.0857. The van der Waals surface area contributed by atoms with Crippen molar-refractivity contribution in [3.05, 3.63) is 42.0 Å². The van der Waals surface area contributed by atoms with Gasteiger partial charge in [0.05, 0.1) is 0 Å². The minimum absolute atomic E-state index is 0.0857. The molecule has 0 bridgehead atoms.